The van der Waals surface area contributed by atoms with Crippen LogP contribution in [0.25, 0.3) is 0 Å². The number of halogens is 3. The van der Waals surface area contributed by atoms with Crippen LogP contribution in [0.3, 0.4) is 0 Å². The van der Waals surface area contributed by atoms with Crippen LogP contribution < -0.4 is 2.94 Å². The van der Waals surface area contributed by atoms with Gasteiger partial charge in [-0.3, -0.25) is 0 Å². The summed E-state index contributed by atoms with van der Waals surface area (Å²) in [6.45, 7) is 0. The second-order valence-corrected chi connectivity index (χ2v) is 4.03. The average molecular weight is 220 g/mol. The van der Waals surface area contributed by atoms with E-state index in [0.717, 1.165) is 0 Å². The van der Waals surface area contributed by atoms with Gasteiger partial charge in [-0.25, -0.2) is 0 Å². The third kappa shape index (κ3) is 1.94. The Balaban J connectivity index is 3.46. The molecule has 11 heavy (non-hydrogen) atoms. The minimum atomic E-state index is -0.182. The zero-order chi connectivity index (χ0) is 8.59. The van der Waals surface area contributed by atoms with Gasteiger partial charge in [0.25, 0.3) is 0 Å². The maximum absolute atomic E-state index is 9.20. The molecule has 6 heteroatoms. The Labute approximate surface area is 95.9 Å². The van der Waals surface area contributed by atoms with Gasteiger partial charge in [-0.2, -0.15) is 0 Å². The summed E-state index contributed by atoms with van der Waals surface area (Å²) < 4.78 is 0.596. The molecule has 1 N–H and O–H groups in total. The first-order chi connectivity index (χ1) is 5.04. The summed E-state index contributed by atoms with van der Waals surface area (Å²) in [7, 11) is 0. The SMILES string of the molecule is Oc1c(Cl)[c]([Na])nc(Cl)c1Cl. The van der Waals surface area contributed by atoms with Crippen molar-refractivity contribution >= 4 is 65.7 Å². The third-order valence-electron chi connectivity index (χ3n) is 1.18. The van der Waals surface area contributed by atoms with Crippen molar-refractivity contribution < 1.29 is 5.11 Å². The Bertz CT molecular complexity index is 278. The number of rotatable bonds is 0. The van der Waals surface area contributed by atoms with Gasteiger partial charge in [-0.05, 0) is 0 Å². The topological polar surface area (TPSA) is 33.1 Å². The molecular weight excluding hydrogens is 219 g/mol. The molecule has 0 aliphatic carbocycles. The summed E-state index contributed by atoms with van der Waals surface area (Å²) in [4.78, 5) is 3.84. The van der Waals surface area contributed by atoms with Crippen molar-refractivity contribution in [2.75, 3.05) is 0 Å². The molecule has 0 saturated carbocycles. The summed E-state index contributed by atoms with van der Waals surface area (Å²) in [5.41, 5.74) is 0. The number of hydrogen-bond donors (Lipinski definition) is 1. The van der Waals surface area contributed by atoms with E-state index in [4.69, 9.17) is 34.8 Å². The predicted octanol–water partition coefficient (Wildman–Crippen LogP) is 1.54. The zero-order valence-corrected chi connectivity index (χ0v) is 9.80. The fourth-order valence-corrected chi connectivity index (χ4v) is 1.75. The van der Waals surface area contributed by atoms with Crippen LogP contribution in [0.2, 0.25) is 15.2 Å². The van der Waals surface area contributed by atoms with Crippen LogP contribution in [0.1, 0.15) is 0 Å². The third-order valence-corrected chi connectivity index (χ3v) is 3.40. The fraction of sp³-hybridized carbons (Fsp3) is 0. The zero-order valence-electron chi connectivity index (χ0n) is 5.53. The van der Waals surface area contributed by atoms with Crippen molar-refractivity contribution in [3.63, 3.8) is 0 Å². The molecule has 0 unspecified atom stereocenters. The van der Waals surface area contributed by atoms with Gasteiger partial charge in [-0.1, -0.05) is 0 Å². The van der Waals surface area contributed by atoms with E-state index in [9.17, 15) is 5.11 Å². The van der Waals surface area contributed by atoms with Gasteiger partial charge < -0.3 is 0 Å². The van der Waals surface area contributed by atoms with Crippen molar-refractivity contribution in [3.8, 4) is 5.75 Å². The second kappa shape index (κ2) is 3.69. The van der Waals surface area contributed by atoms with Gasteiger partial charge in [0.1, 0.15) is 0 Å². The molecule has 0 atom stereocenters. The molecule has 0 saturated heterocycles. The van der Waals surface area contributed by atoms with Crippen molar-refractivity contribution in [3.05, 3.63) is 15.2 Å². The van der Waals surface area contributed by atoms with Crippen LogP contribution in [0.5, 0.6) is 5.75 Å². The summed E-state index contributed by atoms with van der Waals surface area (Å²) >= 11 is 17.4. The molecule has 0 aromatic carbocycles. The Kier molecular flexibility index (Phi) is 3.32. The standard InChI is InChI=1S/C5HCl3NO.Na/c6-2-1-9-5(8)3(7)4(2)10;/h(H,9,10);. The van der Waals surface area contributed by atoms with Crippen molar-refractivity contribution in [1.29, 1.82) is 0 Å². The van der Waals surface area contributed by atoms with Crippen LogP contribution in [0.15, 0.2) is 0 Å². The predicted molar refractivity (Wildman–Crippen MR) is 46.3 cm³/mol. The monoisotopic (exact) mass is 219 g/mol. The van der Waals surface area contributed by atoms with Gasteiger partial charge in [0, 0.05) is 0 Å². The summed E-state index contributed by atoms with van der Waals surface area (Å²) in [6.07, 6.45) is 0. The van der Waals surface area contributed by atoms with E-state index >= 15 is 0 Å². The molecule has 0 bridgehead atoms. The van der Waals surface area contributed by atoms with Crippen LogP contribution in [-0.4, -0.2) is 38.0 Å². The first-order valence-corrected chi connectivity index (χ1v) is 4.87. The molecule has 54 valence electrons. The Morgan fingerprint density at radius 3 is 2.27 bits per heavy atom. The maximum atomic E-state index is 9.20. The molecule has 0 spiro atoms. The van der Waals surface area contributed by atoms with Crippen molar-refractivity contribution in [1.82, 2.24) is 4.98 Å². The first-order valence-electron chi connectivity index (χ1n) is 2.74. The van der Waals surface area contributed by atoms with E-state index in [2.05, 4.69) is 4.98 Å². The van der Waals surface area contributed by atoms with Gasteiger partial charge in [0.05, 0.1) is 0 Å². The van der Waals surface area contributed by atoms with Gasteiger partial charge >= 0.3 is 96.7 Å². The van der Waals surface area contributed by atoms with E-state index in [-0.39, 0.29) is 20.9 Å². The van der Waals surface area contributed by atoms with E-state index < -0.39 is 0 Å². The van der Waals surface area contributed by atoms with E-state index in [0.29, 0.717) is 30.9 Å². The van der Waals surface area contributed by atoms with E-state index in [1.54, 1.807) is 0 Å². The Morgan fingerprint density at radius 1 is 1.18 bits per heavy atom. The molecule has 2 nitrogen and oxygen atoms in total. The van der Waals surface area contributed by atoms with Crippen LogP contribution >= 0.6 is 34.8 Å². The molecule has 1 aromatic heterocycles. The normalized spacial score (nSPS) is 10.3. The minimum absolute atomic E-state index is 0.0104. The Hall–Kier alpha value is 0.820. The molecule has 0 radical (unpaired) electrons. The summed E-state index contributed by atoms with van der Waals surface area (Å²) in [6, 6.07) is 0. The second-order valence-electron chi connectivity index (χ2n) is 1.96. The summed E-state index contributed by atoms with van der Waals surface area (Å²) in [5.74, 6) is -0.182. The molecule has 1 rings (SSSR count). The van der Waals surface area contributed by atoms with E-state index in [1.807, 2.05) is 0 Å². The quantitative estimate of drug-likeness (QED) is 0.531. The average Bonchev–Trinajstić information content (AvgIpc) is 1.97. The van der Waals surface area contributed by atoms with Crippen molar-refractivity contribution in [2.24, 2.45) is 0 Å². The molecule has 0 fully saturated rings. The number of aromatic nitrogens is 1. The van der Waals surface area contributed by atoms with Gasteiger partial charge in [-0.15, -0.1) is 0 Å². The van der Waals surface area contributed by atoms with Crippen LogP contribution in [0, 0.1) is 0 Å². The van der Waals surface area contributed by atoms with Gasteiger partial charge in [0.2, 0.25) is 0 Å². The van der Waals surface area contributed by atoms with Crippen LogP contribution in [-0.2, 0) is 0 Å². The molecular formula is C5HCl3NNaO. The molecule has 1 heterocycles. The van der Waals surface area contributed by atoms with E-state index in [1.165, 1.54) is 0 Å². The number of pyridine rings is 1. The molecule has 1 aromatic rings. The summed E-state index contributed by atoms with van der Waals surface area (Å²) in [5, 5.41) is 9.51. The molecule has 0 amide bonds. The van der Waals surface area contributed by atoms with Crippen molar-refractivity contribution in [2.45, 2.75) is 0 Å². The molecule has 0 aliphatic heterocycles. The number of aromatic hydroxyl groups is 1. The fourth-order valence-electron chi connectivity index (χ4n) is 0.611. The Morgan fingerprint density at radius 2 is 1.73 bits per heavy atom. The van der Waals surface area contributed by atoms with Crippen LogP contribution in [0.4, 0.5) is 0 Å². The number of hydrogen-bond acceptors (Lipinski definition) is 2. The first kappa shape index (κ1) is 9.90. The number of nitrogens with zero attached hydrogens (tertiary/aromatic N) is 1. The van der Waals surface area contributed by atoms with Gasteiger partial charge in [0.15, 0.2) is 0 Å². The molecule has 0 aliphatic rings.